The van der Waals surface area contributed by atoms with Gasteiger partial charge < -0.3 is 9.88 Å². The Labute approximate surface area is 133 Å². The van der Waals surface area contributed by atoms with Gasteiger partial charge in [-0.1, -0.05) is 30.5 Å². The maximum Gasteiger partial charge on any atom is 0.257 e. The molecule has 5 nitrogen and oxygen atoms in total. The Bertz CT molecular complexity index is 928. The highest BCUT2D eigenvalue weighted by atomic mass is 16.2. The third kappa shape index (κ3) is 1.71. The zero-order valence-corrected chi connectivity index (χ0v) is 12.2. The number of H-pyrrole nitrogens is 1. The van der Waals surface area contributed by atoms with Crippen LogP contribution in [0.3, 0.4) is 0 Å². The van der Waals surface area contributed by atoms with E-state index >= 15 is 0 Å². The van der Waals surface area contributed by atoms with Crippen molar-refractivity contribution in [2.24, 2.45) is 0 Å². The number of piperazine rings is 1. The zero-order chi connectivity index (χ0) is 16.1. The average molecular weight is 303 g/mol. The minimum absolute atomic E-state index is 0.125. The number of nitrogens with one attached hydrogen (secondary N) is 1. The van der Waals surface area contributed by atoms with Crippen LogP contribution in [0, 0.1) is 24.8 Å². The molecule has 0 aliphatic carbocycles. The first-order chi connectivity index (χ1) is 11.2. The summed E-state index contributed by atoms with van der Waals surface area (Å²) in [6.07, 6.45) is 11.5. The van der Waals surface area contributed by atoms with Crippen LogP contribution in [-0.2, 0) is 16.0 Å². The molecule has 3 heterocycles. The summed E-state index contributed by atoms with van der Waals surface area (Å²) in [5.41, 5.74) is 2.76. The third-order valence-electron chi connectivity index (χ3n) is 4.58. The van der Waals surface area contributed by atoms with E-state index in [0.29, 0.717) is 6.42 Å². The maximum atomic E-state index is 12.6. The van der Waals surface area contributed by atoms with Gasteiger partial charge in [0.2, 0.25) is 5.91 Å². The Hall–Kier alpha value is -3.18. The number of fused-ring (bicyclic) bond motifs is 4. The summed E-state index contributed by atoms with van der Waals surface area (Å²) in [5, 5.41) is 1.03. The molecular formula is C18H13N3O2. The van der Waals surface area contributed by atoms with Gasteiger partial charge in [0.1, 0.15) is 18.6 Å². The minimum atomic E-state index is -0.639. The Morgan fingerprint density at radius 2 is 2.00 bits per heavy atom. The molecule has 112 valence electrons. The maximum absolute atomic E-state index is 12.6. The summed E-state index contributed by atoms with van der Waals surface area (Å²) in [7, 11) is 0. The highest BCUT2D eigenvalue weighted by Gasteiger charge is 2.47. The van der Waals surface area contributed by atoms with Gasteiger partial charge in [-0.25, -0.2) is 0 Å². The molecule has 4 rings (SSSR count). The predicted octanol–water partition coefficient (Wildman–Crippen LogP) is 1.03. The van der Waals surface area contributed by atoms with E-state index in [1.807, 2.05) is 24.3 Å². The van der Waals surface area contributed by atoms with Gasteiger partial charge in [0, 0.05) is 23.4 Å². The van der Waals surface area contributed by atoms with Crippen molar-refractivity contribution >= 4 is 22.7 Å². The molecule has 0 radical (unpaired) electrons. The van der Waals surface area contributed by atoms with Crippen LogP contribution in [0.25, 0.3) is 10.9 Å². The van der Waals surface area contributed by atoms with Crippen molar-refractivity contribution in [3.63, 3.8) is 0 Å². The zero-order valence-electron chi connectivity index (χ0n) is 12.2. The first-order valence-electron chi connectivity index (χ1n) is 7.30. The largest absolute Gasteiger partial charge is 0.356 e. The predicted molar refractivity (Wildman–Crippen MR) is 84.8 cm³/mol. The molecule has 1 fully saturated rings. The van der Waals surface area contributed by atoms with Crippen LogP contribution in [0.1, 0.15) is 17.3 Å². The van der Waals surface area contributed by atoms with Gasteiger partial charge in [-0.05, 0) is 11.6 Å². The Morgan fingerprint density at radius 1 is 1.22 bits per heavy atom. The molecule has 0 spiro atoms. The van der Waals surface area contributed by atoms with Crippen molar-refractivity contribution in [1.29, 1.82) is 0 Å². The highest BCUT2D eigenvalue weighted by molar-refractivity contribution is 5.98. The number of carbonyl (C=O) groups is 2. The Morgan fingerprint density at radius 3 is 2.74 bits per heavy atom. The number of aromatic amines is 1. The first-order valence-corrected chi connectivity index (χ1v) is 7.30. The number of hydrogen-bond acceptors (Lipinski definition) is 2. The van der Waals surface area contributed by atoms with Crippen LogP contribution < -0.4 is 0 Å². The van der Waals surface area contributed by atoms with Crippen molar-refractivity contribution in [2.45, 2.75) is 18.5 Å². The van der Waals surface area contributed by atoms with E-state index in [0.717, 1.165) is 27.1 Å². The quantitative estimate of drug-likeness (QED) is 0.739. The fourth-order valence-electron chi connectivity index (χ4n) is 3.56. The van der Waals surface area contributed by atoms with Crippen LogP contribution in [0.4, 0.5) is 0 Å². The minimum Gasteiger partial charge on any atom is -0.356 e. The van der Waals surface area contributed by atoms with Gasteiger partial charge >= 0.3 is 0 Å². The fourth-order valence-corrected chi connectivity index (χ4v) is 3.56. The molecule has 2 aromatic rings. The Balaban J connectivity index is 1.92. The molecule has 0 saturated carbocycles. The molecule has 23 heavy (non-hydrogen) atoms. The fraction of sp³-hybridized carbons (Fsp3) is 0.222. The lowest BCUT2D eigenvalue weighted by atomic mass is 9.89. The van der Waals surface area contributed by atoms with Crippen molar-refractivity contribution < 1.29 is 9.59 Å². The number of terminal acetylenes is 2. The average Bonchev–Trinajstić information content (AvgIpc) is 2.94. The van der Waals surface area contributed by atoms with Gasteiger partial charge in [0.25, 0.3) is 5.91 Å². The van der Waals surface area contributed by atoms with Gasteiger partial charge in [0.05, 0.1) is 5.69 Å². The van der Waals surface area contributed by atoms with E-state index in [9.17, 15) is 9.59 Å². The van der Waals surface area contributed by atoms with Crippen molar-refractivity contribution in [3.05, 3.63) is 35.5 Å². The number of amides is 2. The molecule has 5 heteroatoms. The number of aromatic nitrogens is 1. The number of para-hydroxylation sites is 1. The lowest BCUT2D eigenvalue weighted by Gasteiger charge is -2.43. The molecular weight excluding hydrogens is 290 g/mol. The van der Waals surface area contributed by atoms with E-state index in [4.69, 9.17) is 12.8 Å². The van der Waals surface area contributed by atoms with Gasteiger partial charge in [-0.2, -0.15) is 0 Å². The van der Waals surface area contributed by atoms with E-state index in [2.05, 4.69) is 16.9 Å². The monoisotopic (exact) mass is 303 g/mol. The number of benzene rings is 1. The van der Waals surface area contributed by atoms with E-state index in [1.165, 1.54) is 4.90 Å². The highest BCUT2D eigenvalue weighted by Crippen LogP contribution is 2.38. The number of hydrogen-bond donors (Lipinski definition) is 1. The molecule has 2 unspecified atom stereocenters. The summed E-state index contributed by atoms with van der Waals surface area (Å²) in [4.78, 5) is 31.0. The van der Waals surface area contributed by atoms with Crippen LogP contribution in [0.5, 0.6) is 0 Å². The van der Waals surface area contributed by atoms with Gasteiger partial charge in [-0.3, -0.25) is 14.5 Å². The number of rotatable bonds is 0. The first kappa shape index (κ1) is 13.5. The smallest absolute Gasteiger partial charge is 0.257 e. The van der Waals surface area contributed by atoms with Crippen LogP contribution in [0.15, 0.2) is 24.3 Å². The summed E-state index contributed by atoms with van der Waals surface area (Å²) < 4.78 is 0. The van der Waals surface area contributed by atoms with E-state index in [1.54, 1.807) is 0 Å². The second-order valence-electron chi connectivity index (χ2n) is 5.71. The van der Waals surface area contributed by atoms with Crippen LogP contribution >= 0.6 is 0 Å². The normalized spacial score (nSPS) is 23.2. The van der Waals surface area contributed by atoms with Crippen LogP contribution in [0.2, 0.25) is 0 Å². The lowest BCUT2D eigenvalue weighted by Crippen LogP contribution is -2.61. The molecule has 2 atom stereocenters. The molecule has 1 aromatic heterocycles. The molecule has 2 amide bonds. The van der Waals surface area contributed by atoms with Crippen molar-refractivity contribution in [3.8, 4) is 24.8 Å². The topological polar surface area (TPSA) is 56.4 Å². The third-order valence-corrected chi connectivity index (χ3v) is 4.58. The standard InChI is InChI=1S/C18H13N3O2/c1-3-14-17-12(11-7-5-6-8-13(11)19-17)9-15-18(23)20(4-2)10-16(22)21(14)15/h1-2,5-8,14-15,19H,9-10H2. The van der Waals surface area contributed by atoms with Gasteiger partial charge in [0.15, 0.2) is 0 Å². The number of carbonyl (C=O) groups excluding carboxylic acids is 2. The van der Waals surface area contributed by atoms with Crippen LogP contribution in [-0.4, -0.2) is 39.2 Å². The molecule has 2 aliphatic heterocycles. The second-order valence-corrected chi connectivity index (χ2v) is 5.71. The number of nitrogens with zero attached hydrogens (tertiary/aromatic N) is 2. The van der Waals surface area contributed by atoms with E-state index < -0.39 is 12.1 Å². The summed E-state index contributed by atoms with van der Waals surface area (Å²) in [5.74, 6) is 2.19. The SMILES string of the molecule is C#CC1c2[nH]c3ccccc3c2CC2C(=O)N(C#C)CC(=O)N21. The molecule has 2 aliphatic rings. The molecule has 1 saturated heterocycles. The van der Waals surface area contributed by atoms with Crippen molar-refractivity contribution in [2.75, 3.05) is 6.54 Å². The van der Waals surface area contributed by atoms with Crippen molar-refractivity contribution in [1.82, 2.24) is 14.8 Å². The summed E-state index contributed by atoms with van der Waals surface area (Å²) in [6.45, 7) is -0.125. The summed E-state index contributed by atoms with van der Waals surface area (Å²) >= 11 is 0. The van der Waals surface area contributed by atoms with Gasteiger partial charge in [-0.15, -0.1) is 6.42 Å². The lowest BCUT2D eigenvalue weighted by molar-refractivity contribution is -0.155. The second kappa shape index (κ2) is 4.66. The molecule has 1 N–H and O–H groups in total. The Kier molecular flexibility index (Phi) is 2.73. The molecule has 0 bridgehead atoms. The molecule has 1 aromatic carbocycles. The van der Waals surface area contributed by atoms with E-state index in [-0.39, 0.29) is 18.4 Å². The summed E-state index contributed by atoms with van der Waals surface area (Å²) in [6, 6.07) is 8.88.